The van der Waals surface area contributed by atoms with Gasteiger partial charge in [-0.05, 0) is 18.6 Å². The van der Waals surface area contributed by atoms with Gasteiger partial charge in [0.25, 0.3) is 0 Å². The van der Waals surface area contributed by atoms with E-state index in [1.165, 1.54) is 0 Å². The van der Waals surface area contributed by atoms with Gasteiger partial charge in [-0.1, -0.05) is 30.7 Å². The van der Waals surface area contributed by atoms with Crippen LogP contribution in [0.1, 0.15) is 13.3 Å². The van der Waals surface area contributed by atoms with Gasteiger partial charge < -0.3 is 10.4 Å². The van der Waals surface area contributed by atoms with Gasteiger partial charge in [-0.15, -0.1) is 0 Å². The number of nitrogens with zero attached hydrogens (tertiary/aromatic N) is 2. The first-order valence-electron chi connectivity index (χ1n) is 7.75. The molecule has 6 heteroatoms. The maximum atomic E-state index is 12.1. The summed E-state index contributed by atoms with van der Waals surface area (Å²) in [5, 5.41) is 12.7. The summed E-state index contributed by atoms with van der Waals surface area (Å²) in [6, 6.07) is 7.47. The molecule has 1 amide bonds. The van der Waals surface area contributed by atoms with Crippen molar-refractivity contribution in [1.29, 1.82) is 0 Å². The van der Waals surface area contributed by atoms with Crippen molar-refractivity contribution in [2.24, 2.45) is 0 Å². The van der Waals surface area contributed by atoms with Gasteiger partial charge >= 0.3 is 0 Å². The molecule has 1 fully saturated rings. The van der Waals surface area contributed by atoms with Gasteiger partial charge in [0.15, 0.2) is 0 Å². The Balaban J connectivity index is 1.78. The summed E-state index contributed by atoms with van der Waals surface area (Å²) < 4.78 is 0. The van der Waals surface area contributed by atoms with E-state index in [2.05, 4.69) is 22.0 Å². The predicted molar refractivity (Wildman–Crippen MR) is 89.3 cm³/mol. The molecule has 122 valence electrons. The highest BCUT2D eigenvalue weighted by Crippen LogP contribution is 2.20. The minimum absolute atomic E-state index is 0.0456. The van der Waals surface area contributed by atoms with Crippen LogP contribution in [-0.2, 0) is 4.79 Å². The van der Waals surface area contributed by atoms with Crippen LogP contribution in [0.3, 0.4) is 0 Å². The molecule has 1 aliphatic rings. The van der Waals surface area contributed by atoms with Gasteiger partial charge in [0.2, 0.25) is 5.91 Å². The number of anilines is 1. The first-order chi connectivity index (χ1) is 10.6. The van der Waals surface area contributed by atoms with Gasteiger partial charge in [-0.3, -0.25) is 14.6 Å². The Hall–Kier alpha value is -1.14. The number of nitrogens with one attached hydrogen (secondary N) is 1. The van der Waals surface area contributed by atoms with E-state index in [1.807, 2.05) is 12.1 Å². The SMILES string of the molecule is CCC(CO)N1CCN(CC(=O)Nc2ccccc2Cl)CC1. The molecule has 0 aromatic heterocycles. The van der Waals surface area contributed by atoms with Crippen molar-refractivity contribution >= 4 is 23.2 Å². The van der Waals surface area contributed by atoms with Gasteiger partial charge in [0.05, 0.1) is 23.9 Å². The number of hydrogen-bond donors (Lipinski definition) is 2. The van der Waals surface area contributed by atoms with E-state index in [4.69, 9.17) is 11.6 Å². The summed E-state index contributed by atoms with van der Waals surface area (Å²) in [7, 11) is 0. The van der Waals surface area contributed by atoms with Gasteiger partial charge in [-0.2, -0.15) is 0 Å². The number of carbonyl (C=O) groups excluding carboxylic acids is 1. The van der Waals surface area contributed by atoms with Crippen molar-refractivity contribution < 1.29 is 9.90 Å². The zero-order valence-corrected chi connectivity index (χ0v) is 13.7. The van der Waals surface area contributed by atoms with Crippen LogP contribution in [0.2, 0.25) is 5.02 Å². The highest BCUT2D eigenvalue weighted by Gasteiger charge is 2.23. The molecule has 1 aliphatic heterocycles. The van der Waals surface area contributed by atoms with E-state index in [9.17, 15) is 9.90 Å². The second kappa shape index (κ2) is 8.48. The molecule has 1 aromatic rings. The first-order valence-corrected chi connectivity index (χ1v) is 8.13. The summed E-state index contributed by atoms with van der Waals surface area (Å²) >= 11 is 6.04. The third-order valence-corrected chi connectivity index (χ3v) is 4.45. The van der Waals surface area contributed by atoms with Crippen molar-refractivity contribution in [2.45, 2.75) is 19.4 Å². The number of aliphatic hydroxyl groups is 1. The zero-order chi connectivity index (χ0) is 15.9. The average molecular weight is 326 g/mol. The molecule has 0 aliphatic carbocycles. The van der Waals surface area contributed by atoms with Crippen LogP contribution in [0, 0.1) is 0 Å². The molecular weight excluding hydrogens is 302 g/mol. The van der Waals surface area contributed by atoms with Crippen LogP contribution in [0.4, 0.5) is 5.69 Å². The molecular formula is C16H24ClN3O2. The van der Waals surface area contributed by atoms with E-state index in [1.54, 1.807) is 12.1 Å². The van der Waals surface area contributed by atoms with Gasteiger partial charge in [0, 0.05) is 32.2 Å². The number of para-hydroxylation sites is 1. The van der Waals surface area contributed by atoms with Crippen molar-refractivity contribution in [3.05, 3.63) is 29.3 Å². The lowest BCUT2D eigenvalue weighted by atomic mass is 10.1. The maximum absolute atomic E-state index is 12.1. The summed E-state index contributed by atoms with van der Waals surface area (Å²) in [6.07, 6.45) is 0.948. The van der Waals surface area contributed by atoms with Gasteiger partial charge in [0.1, 0.15) is 0 Å². The van der Waals surface area contributed by atoms with E-state index in [0.717, 1.165) is 32.6 Å². The molecule has 0 saturated carbocycles. The number of benzene rings is 1. The Labute approximate surface area is 136 Å². The fourth-order valence-electron chi connectivity index (χ4n) is 2.74. The van der Waals surface area contributed by atoms with Crippen LogP contribution in [0.5, 0.6) is 0 Å². The van der Waals surface area contributed by atoms with Gasteiger partial charge in [-0.25, -0.2) is 0 Å². The minimum Gasteiger partial charge on any atom is -0.395 e. The lowest BCUT2D eigenvalue weighted by Gasteiger charge is -2.38. The standard InChI is InChI=1S/C16H24ClN3O2/c1-2-13(12-21)20-9-7-19(8-10-20)11-16(22)18-15-6-4-3-5-14(15)17/h3-6,13,21H,2,7-12H2,1H3,(H,18,22). The lowest BCUT2D eigenvalue weighted by molar-refractivity contribution is -0.117. The van der Waals surface area contributed by atoms with Crippen LogP contribution in [0.15, 0.2) is 24.3 Å². The van der Waals surface area contributed by atoms with E-state index in [-0.39, 0.29) is 18.6 Å². The Morgan fingerprint density at radius 2 is 2.00 bits per heavy atom. The highest BCUT2D eigenvalue weighted by molar-refractivity contribution is 6.33. The lowest BCUT2D eigenvalue weighted by Crippen LogP contribution is -2.52. The fourth-order valence-corrected chi connectivity index (χ4v) is 2.93. The van der Waals surface area contributed by atoms with E-state index in [0.29, 0.717) is 17.3 Å². The molecule has 0 spiro atoms. The molecule has 2 rings (SSSR count). The largest absolute Gasteiger partial charge is 0.395 e. The molecule has 1 aromatic carbocycles. The molecule has 1 heterocycles. The Kier molecular flexibility index (Phi) is 6.64. The minimum atomic E-state index is -0.0456. The average Bonchev–Trinajstić information content (AvgIpc) is 2.52. The van der Waals surface area contributed by atoms with Crippen LogP contribution in [0.25, 0.3) is 0 Å². The number of halogens is 1. The molecule has 2 N–H and O–H groups in total. The number of piperazine rings is 1. The van der Waals surface area contributed by atoms with Crippen molar-refractivity contribution in [3.8, 4) is 0 Å². The number of rotatable bonds is 6. The van der Waals surface area contributed by atoms with E-state index < -0.39 is 0 Å². The van der Waals surface area contributed by atoms with E-state index >= 15 is 0 Å². The van der Waals surface area contributed by atoms with Crippen molar-refractivity contribution in [1.82, 2.24) is 9.80 Å². The highest BCUT2D eigenvalue weighted by atomic mass is 35.5. The molecule has 5 nitrogen and oxygen atoms in total. The quantitative estimate of drug-likeness (QED) is 0.835. The predicted octanol–water partition coefficient (Wildman–Crippen LogP) is 1.67. The van der Waals surface area contributed by atoms with Crippen LogP contribution < -0.4 is 5.32 Å². The smallest absolute Gasteiger partial charge is 0.238 e. The van der Waals surface area contributed by atoms with Crippen LogP contribution >= 0.6 is 11.6 Å². The molecule has 22 heavy (non-hydrogen) atoms. The summed E-state index contributed by atoms with van der Waals surface area (Å²) in [5.41, 5.74) is 0.652. The second-order valence-corrected chi connectivity index (χ2v) is 5.99. The third-order valence-electron chi connectivity index (χ3n) is 4.12. The molecule has 1 saturated heterocycles. The number of amides is 1. The topological polar surface area (TPSA) is 55.8 Å². The normalized spacial score (nSPS) is 18.1. The first kappa shape index (κ1) is 17.2. The Bertz CT molecular complexity index is 486. The maximum Gasteiger partial charge on any atom is 0.238 e. The summed E-state index contributed by atoms with van der Waals surface area (Å²) in [6.45, 7) is 6.11. The Morgan fingerprint density at radius 1 is 1.32 bits per heavy atom. The molecule has 1 unspecified atom stereocenters. The molecule has 0 bridgehead atoms. The zero-order valence-electron chi connectivity index (χ0n) is 13.0. The second-order valence-electron chi connectivity index (χ2n) is 5.58. The monoisotopic (exact) mass is 325 g/mol. The number of carbonyl (C=O) groups is 1. The Morgan fingerprint density at radius 3 is 2.59 bits per heavy atom. The summed E-state index contributed by atoms with van der Waals surface area (Å²) in [4.78, 5) is 16.5. The fraction of sp³-hybridized carbons (Fsp3) is 0.562. The van der Waals surface area contributed by atoms with Crippen LogP contribution in [-0.4, -0.2) is 66.2 Å². The van der Waals surface area contributed by atoms with Crippen molar-refractivity contribution in [2.75, 3.05) is 44.6 Å². The third kappa shape index (κ3) is 4.68. The van der Waals surface area contributed by atoms with Crippen molar-refractivity contribution in [3.63, 3.8) is 0 Å². The number of aliphatic hydroxyl groups excluding tert-OH is 1. The molecule has 0 radical (unpaired) electrons. The molecule has 1 atom stereocenters. The number of hydrogen-bond acceptors (Lipinski definition) is 4. The summed E-state index contributed by atoms with van der Waals surface area (Å²) in [5.74, 6) is -0.0456.